The Morgan fingerprint density at radius 1 is 1.03 bits per heavy atom. The van der Waals surface area contributed by atoms with E-state index in [2.05, 4.69) is 44.9 Å². The molecule has 2 N–H and O–H groups in total. The largest absolute Gasteiger partial charge is 0.478 e. The van der Waals surface area contributed by atoms with Gasteiger partial charge in [0.2, 0.25) is 0 Å². The molecule has 6 nitrogen and oxygen atoms in total. The molecular formula is C28H26N4O2S. The van der Waals surface area contributed by atoms with E-state index in [0.717, 1.165) is 28.3 Å². The Bertz CT molecular complexity index is 1380. The number of carboxylic acid groups (broad SMARTS) is 1. The summed E-state index contributed by atoms with van der Waals surface area (Å²) < 4.78 is 2.11. The fraction of sp³-hybridized carbons (Fsp3) is 0.179. The fourth-order valence-corrected chi connectivity index (χ4v) is 5.26. The minimum atomic E-state index is -0.941. The maximum Gasteiger partial charge on any atom is 0.335 e. The van der Waals surface area contributed by atoms with Crippen LogP contribution in [0.25, 0.3) is 5.69 Å². The molecule has 2 aromatic heterocycles. The normalized spacial score (nSPS) is 17.4. The minimum absolute atomic E-state index is 0.0831. The van der Waals surface area contributed by atoms with Gasteiger partial charge < -0.3 is 19.9 Å². The summed E-state index contributed by atoms with van der Waals surface area (Å²) >= 11 is 5.83. The SMILES string of the molecule is Cc1cc([C@H]2[C@H](c3ccccn3)NC(=S)N2Cc2ccccc2)c(C)n1-c1cccc(C(=O)O)c1. The molecule has 5 rings (SSSR count). The van der Waals surface area contributed by atoms with Crippen LogP contribution in [0.5, 0.6) is 0 Å². The van der Waals surface area contributed by atoms with E-state index >= 15 is 0 Å². The number of aryl methyl sites for hydroxylation is 1. The van der Waals surface area contributed by atoms with E-state index in [1.165, 1.54) is 5.56 Å². The van der Waals surface area contributed by atoms with Crippen molar-refractivity contribution in [2.75, 3.05) is 0 Å². The van der Waals surface area contributed by atoms with Crippen molar-refractivity contribution in [1.82, 2.24) is 19.8 Å². The molecule has 1 saturated heterocycles. The van der Waals surface area contributed by atoms with Crippen molar-refractivity contribution >= 4 is 23.3 Å². The highest BCUT2D eigenvalue weighted by atomic mass is 32.1. The molecule has 0 saturated carbocycles. The van der Waals surface area contributed by atoms with Crippen molar-refractivity contribution in [2.45, 2.75) is 32.5 Å². The van der Waals surface area contributed by atoms with Gasteiger partial charge >= 0.3 is 5.97 Å². The van der Waals surface area contributed by atoms with Gasteiger partial charge in [-0.25, -0.2) is 4.79 Å². The number of carboxylic acids is 1. The Labute approximate surface area is 209 Å². The molecule has 0 unspecified atom stereocenters. The highest BCUT2D eigenvalue weighted by Crippen LogP contribution is 2.42. The highest BCUT2D eigenvalue weighted by molar-refractivity contribution is 7.80. The maximum absolute atomic E-state index is 11.6. The van der Waals surface area contributed by atoms with Gasteiger partial charge in [-0.1, -0.05) is 42.5 Å². The van der Waals surface area contributed by atoms with Crippen LogP contribution in [0.1, 0.15) is 50.7 Å². The quantitative estimate of drug-likeness (QED) is 0.361. The van der Waals surface area contributed by atoms with E-state index in [1.807, 2.05) is 49.4 Å². The monoisotopic (exact) mass is 482 g/mol. The molecule has 176 valence electrons. The number of benzene rings is 2. The van der Waals surface area contributed by atoms with Crippen molar-refractivity contribution in [3.8, 4) is 5.69 Å². The molecule has 2 atom stereocenters. The number of hydrogen-bond acceptors (Lipinski definition) is 3. The standard InChI is InChI=1S/C28H26N4O2S/c1-18-15-23(19(2)32(18)22-12-8-11-21(16-22)27(33)34)26-25(24-13-6-7-14-29-24)30-28(35)31(26)17-20-9-4-3-5-10-20/h3-16,25-26H,17H2,1-2H3,(H,30,35)(H,33,34)/t25-,26-/m0/s1. The number of aromatic nitrogens is 2. The van der Waals surface area contributed by atoms with Crippen molar-refractivity contribution in [3.05, 3.63) is 119 Å². The summed E-state index contributed by atoms with van der Waals surface area (Å²) in [5.74, 6) is -0.941. The summed E-state index contributed by atoms with van der Waals surface area (Å²) in [7, 11) is 0. The zero-order valence-electron chi connectivity index (χ0n) is 19.6. The number of nitrogens with zero attached hydrogens (tertiary/aromatic N) is 3. The minimum Gasteiger partial charge on any atom is -0.478 e. The number of pyridine rings is 1. The van der Waals surface area contributed by atoms with Crippen LogP contribution in [0.2, 0.25) is 0 Å². The third-order valence-corrected chi connectivity index (χ3v) is 6.89. The van der Waals surface area contributed by atoms with Crippen LogP contribution in [0.4, 0.5) is 0 Å². The number of thiocarbonyl (C=S) groups is 1. The first kappa shape index (κ1) is 22.8. The smallest absolute Gasteiger partial charge is 0.335 e. The molecular weight excluding hydrogens is 456 g/mol. The third-order valence-electron chi connectivity index (χ3n) is 6.53. The summed E-state index contributed by atoms with van der Waals surface area (Å²) in [5.41, 5.74) is 6.38. The molecule has 0 amide bonds. The second-order valence-corrected chi connectivity index (χ2v) is 9.14. The Morgan fingerprint density at radius 2 is 1.80 bits per heavy atom. The fourth-order valence-electron chi connectivity index (χ4n) is 4.96. The van der Waals surface area contributed by atoms with Crippen molar-refractivity contribution < 1.29 is 9.90 Å². The molecule has 0 aliphatic carbocycles. The number of hydrogen-bond donors (Lipinski definition) is 2. The van der Waals surface area contributed by atoms with Crippen LogP contribution < -0.4 is 5.32 Å². The summed E-state index contributed by atoms with van der Waals surface area (Å²) in [6.07, 6.45) is 1.80. The van der Waals surface area contributed by atoms with Gasteiger partial charge in [-0.15, -0.1) is 0 Å². The summed E-state index contributed by atoms with van der Waals surface area (Å²) in [5, 5.41) is 13.7. The van der Waals surface area contributed by atoms with Crippen LogP contribution >= 0.6 is 12.2 Å². The molecule has 0 bridgehead atoms. The number of rotatable bonds is 6. The Hall–Kier alpha value is -3.97. The molecule has 2 aromatic carbocycles. The zero-order chi connectivity index (χ0) is 24.5. The lowest BCUT2D eigenvalue weighted by Gasteiger charge is -2.28. The van der Waals surface area contributed by atoms with E-state index in [1.54, 1.807) is 24.4 Å². The van der Waals surface area contributed by atoms with Gasteiger partial charge in [0.1, 0.15) is 0 Å². The second-order valence-electron chi connectivity index (χ2n) is 8.76. The van der Waals surface area contributed by atoms with E-state index in [-0.39, 0.29) is 17.6 Å². The van der Waals surface area contributed by atoms with Crippen molar-refractivity contribution in [2.24, 2.45) is 0 Å². The van der Waals surface area contributed by atoms with Crippen LogP contribution in [0, 0.1) is 13.8 Å². The molecule has 3 heterocycles. The van der Waals surface area contributed by atoms with E-state index in [4.69, 9.17) is 12.2 Å². The average Bonchev–Trinajstić information content (AvgIpc) is 3.35. The van der Waals surface area contributed by atoms with Gasteiger partial charge in [-0.05, 0) is 73.6 Å². The Balaban J connectivity index is 1.62. The van der Waals surface area contributed by atoms with Gasteiger partial charge in [0.05, 0.1) is 23.3 Å². The maximum atomic E-state index is 11.6. The molecule has 1 aliphatic rings. The lowest BCUT2D eigenvalue weighted by Crippen LogP contribution is -2.29. The van der Waals surface area contributed by atoms with Gasteiger partial charge in [0, 0.05) is 29.8 Å². The van der Waals surface area contributed by atoms with Crippen molar-refractivity contribution in [3.63, 3.8) is 0 Å². The van der Waals surface area contributed by atoms with E-state index in [9.17, 15) is 9.90 Å². The van der Waals surface area contributed by atoms with Gasteiger partial charge in [-0.2, -0.15) is 0 Å². The first-order valence-corrected chi connectivity index (χ1v) is 11.9. The topological polar surface area (TPSA) is 70.4 Å². The molecule has 1 fully saturated rings. The zero-order valence-corrected chi connectivity index (χ0v) is 20.4. The lowest BCUT2D eigenvalue weighted by molar-refractivity contribution is 0.0697. The lowest BCUT2D eigenvalue weighted by atomic mass is 9.96. The molecule has 0 spiro atoms. The second kappa shape index (κ2) is 9.35. The molecule has 7 heteroatoms. The van der Waals surface area contributed by atoms with Crippen LogP contribution in [-0.2, 0) is 6.54 Å². The van der Waals surface area contributed by atoms with Crippen LogP contribution in [0.15, 0.2) is 85.1 Å². The van der Waals surface area contributed by atoms with E-state index < -0.39 is 5.97 Å². The predicted octanol–water partition coefficient (Wildman–Crippen LogP) is 5.36. The number of carbonyl (C=O) groups is 1. The summed E-state index contributed by atoms with van der Waals surface area (Å²) in [6.45, 7) is 4.79. The summed E-state index contributed by atoms with van der Waals surface area (Å²) in [6, 6.07) is 25.2. The first-order chi connectivity index (χ1) is 16.9. The molecule has 0 radical (unpaired) electrons. The summed E-state index contributed by atoms with van der Waals surface area (Å²) in [4.78, 5) is 18.4. The van der Waals surface area contributed by atoms with Gasteiger partial charge in [0.25, 0.3) is 0 Å². The Morgan fingerprint density at radius 3 is 2.51 bits per heavy atom. The molecule has 1 aliphatic heterocycles. The van der Waals surface area contributed by atoms with Crippen molar-refractivity contribution in [1.29, 1.82) is 0 Å². The molecule has 35 heavy (non-hydrogen) atoms. The van der Waals surface area contributed by atoms with Gasteiger partial charge in [-0.3, -0.25) is 4.98 Å². The van der Waals surface area contributed by atoms with E-state index in [0.29, 0.717) is 11.7 Å². The number of nitrogens with one attached hydrogen (secondary N) is 1. The predicted molar refractivity (Wildman–Crippen MR) is 140 cm³/mol. The third kappa shape index (κ3) is 4.31. The highest BCUT2D eigenvalue weighted by Gasteiger charge is 2.41. The first-order valence-electron chi connectivity index (χ1n) is 11.5. The average molecular weight is 483 g/mol. The van der Waals surface area contributed by atoms with Crippen LogP contribution in [-0.4, -0.2) is 30.6 Å². The number of aromatic carboxylic acids is 1. The van der Waals surface area contributed by atoms with Crippen LogP contribution in [0.3, 0.4) is 0 Å². The van der Waals surface area contributed by atoms with Gasteiger partial charge in [0.15, 0.2) is 5.11 Å². The molecule has 4 aromatic rings. The Kier molecular flexibility index (Phi) is 6.09.